The minimum Gasteiger partial charge on any atom is -0.319 e. The number of amides is 3. The highest BCUT2D eigenvalue weighted by atomic mass is 32.1. The van der Waals surface area contributed by atoms with E-state index in [1.807, 2.05) is 0 Å². The number of non-ortho nitro benzene ring substituents is 1. The number of benzene rings is 1. The number of nitro benzene ring substituents is 1. The van der Waals surface area contributed by atoms with Crippen LogP contribution in [-0.4, -0.2) is 38.6 Å². The number of imide groups is 1. The summed E-state index contributed by atoms with van der Waals surface area (Å²) < 4.78 is 0. The highest BCUT2D eigenvalue weighted by Gasteiger charge is 2.44. The van der Waals surface area contributed by atoms with Crippen LogP contribution < -0.4 is 5.32 Å². The molecule has 0 saturated carbocycles. The first-order chi connectivity index (χ1) is 10.4. The summed E-state index contributed by atoms with van der Waals surface area (Å²) in [4.78, 5) is 48.0. The Kier molecular flexibility index (Phi) is 3.21. The number of carbonyl (C=O) groups is 3. The molecule has 22 heavy (non-hydrogen) atoms. The lowest BCUT2D eigenvalue weighted by atomic mass is 10.1. The molecule has 0 aliphatic carbocycles. The molecule has 3 rings (SSSR count). The summed E-state index contributed by atoms with van der Waals surface area (Å²) in [7, 11) is 0. The van der Waals surface area contributed by atoms with Crippen LogP contribution in [0.15, 0.2) is 18.2 Å². The highest BCUT2D eigenvalue weighted by molar-refractivity contribution is 7.80. The SMILES string of the molecule is O=C1NC(=S)CCC1N1C(=O)c2ccc([N+](=O)[O-])cc2C1=O. The van der Waals surface area contributed by atoms with Crippen molar-refractivity contribution in [1.29, 1.82) is 0 Å². The first-order valence-corrected chi connectivity index (χ1v) is 6.81. The Morgan fingerprint density at radius 1 is 1.23 bits per heavy atom. The van der Waals surface area contributed by atoms with E-state index in [1.54, 1.807) is 0 Å². The summed E-state index contributed by atoms with van der Waals surface area (Å²) in [6, 6.07) is 2.50. The van der Waals surface area contributed by atoms with Crippen LogP contribution in [0.5, 0.6) is 0 Å². The van der Waals surface area contributed by atoms with E-state index in [1.165, 1.54) is 6.07 Å². The van der Waals surface area contributed by atoms with Crippen LogP contribution in [-0.2, 0) is 4.79 Å². The molecule has 1 aromatic carbocycles. The predicted octanol–water partition coefficient (Wildman–Crippen LogP) is 0.797. The summed E-state index contributed by atoms with van der Waals surface area (Å²) in [6.07, 6.45) is 0.636. The normalized spacial score (nSPS) is 20.9. The van der Waals surface area contributed by atoms with E-state index in [4.69, 9.17) is 12.2 Å². The van der Waals surface area contributed by atoms with Crippen LogP contribution in [0.25, 0.3) is 0 Å². The summed E-state index contributed by atoms with van der Waals surface area (Å²) in [5.74, 6) is -1.83. The molecule has 2 aliphatic rings. The van der Waals surface area contributed by atoms with Gasteiger partial charge >= 0.3 is 0 Å². The van der Waals surface area contributed by atoms with E-state index < -0.39 is 28.7 Å². The number of carbonyl (C=O) groups excluding carboxylic acids is 3. The quantitative estimate of drug-likeness (QED) is 0.374. The van der Waals surface area contributed by atoms with Gasteiger partial charge in [-0.1, -0.05) is 12.2 Å². The minimum absolute atomic E-state index is 0.0554. The van der Waals surface area contributed by atoms with Gasteiger partial charge in [-0.3, -0.25) is 29.4 Å². The number of piperidine rings is 1. The lowest BCUT2D eigenvalue weighted by Crippen LogP contribution is -2.53. The Balaban J connectivity index is 1.98. The van der Waals surface area contributed by atoms with Crippen LogP contribution >= 0.6 is 12.2 Å². The van der Waals surface area contributed by atoms with E-state index in [0.29, 0.717) is 11.4 Å². The lowest BCUT2D eigenvalue weighted by molar-refractivity contribution is -0.384. The summed E-state index contributed by atoms with van der Waals surface area (Å²) in [5.41, 5.74) is -0.271. The molecule has 2 heterocycles. The molecule has 0 aromatic heterocycles. The van der Waals surface area contributed by atoms with Crippen molar-refractivity contribution in [2.45, 2.75) is 18.9 Å². The molecule has 0 spiro atoms. The fourth-order valence-corrected chi connectivity index (χ4v) is 2.79. The number of nitrogens with one attached hydrogen (secondary N) is 1. The third-order valence-corrected chi connectivity index (χ3v) is 3.94. The third-order valence-electron chi connectivity index (χ3n) is 3.63. The molecule has 1 fully saturated rings. The Morgan fingerprint density at radius 3 is 2.55 bits per heavy atom. The second-order valence-electron chi connectivity index (χ2n) is 4.93. The molecule has 1 saturated heterocycles. The zero-order valence-electron chi connectivity index (χ0n) is 11.1. The Morgan fingerprint density at radius 2 is 1.91 bits per heavy atom. The average molecular weight is 319 g/mol. The monoisotopic (exact) mass is 319 g/mol. The van der Waals surface area contributed by atoms with E-state index in [2.05, 4.69) is 5.32 Å². The number of hydrogen-bond donors (Lipinski definition) is 1. The lowest BCUT2D eigenvalue weighted by Gasteiger charge is -2.28. The third kappa shape index (κ3) is 2.06. The number of nitro groups is 1. The maximum atomic E-state index is 12.4. The molecule has 0 radical (unpaired) electrons. The summed E-state index contributed by atoms with van der Waals surface area (Å²) in [6.45, 7) is 0. The van der Waals surface area contributed by atoms with Crippen LogP contribution in [0.1, 0.15) is 33.6 Å². The minimum atomic E-state index is -0.946. The van der Waals surface area contributed by atoms with E-state index in [0.717, 1.165) is 17.0 Å². The van der Waals surface area contributed by atoms with Crippen molar-refractivity contribution in [2.75, 3.05) is 0 Å². The van der Waals surface area contributed by atoms with E-state index in [9.17, 15) is 24.5 Å². The fourth-order valence-electron chi connectivity index (χ4n) is 2.57. The number of nitrogens with zero attached hydrogens (tertiary/aromatic N) is 2. The zero-order valence-corrected chi connectivity index (χ0v) is 11.9. The van der Waals surface area contributed by atoms with E-state index in [-0.39, 0.29) is 23.2 Å². The smallest absolute Gasteiger partial charge is 0.270 e. The largest absolute Gasteiger partial charge is 0.319 e. The van der Waals surface area contributed by atoms with Gasteiger partial charge in [0.15, 0.2) is 0 Å². The summed E-state index contributed by atoms with van der Waals surface area (Å²) >= 11 is 4.89. The Labute approximate surface area is 129 Å². The molecule has 1 aromatic rings. The predicted molar refractivity (Wildman–Crippen MR) is 77.4 cm³/mol. The molecule has 112 valence electrons. The number of thiocarbonyl (C=S) groups is 1. The molecule has 2 aliphatic heterocycles. The van der Waals surface area contributed by atoms with Gasteiger partial charge in [-0.25, -0.2) is 0 Å². The van der Waals surface area contributed by atoms with Crippen LogP contribution in [0.4, 0.5) is 5.69 Å². The molecule has 8 nitrogen and oxygen atoms in total. The van der Waals surface area contributed by atoms with Gasteiger partial charge in [0.05, 0.1) is 21.0 Å². The van der Waals surface area contributed by atoms with Crippen molar-refractivity contribution in [1.82, 2.24) is 10.2 Å². The van der Waals surface area contributed by atoms with Gasteiger partial charge in [0, 0.05) is 18.6 Å². The van der Waals surface area contributed by atoms with Gasteiger partial charge in [-0.15, -0.1) is 0 Å². The van der Waals surface area contributed by atoms with Gasteiger partial charge in [-0.05, 0) is 12.5 Å². The first kappa shape index (κ1) is 14.3. The highest BCUT2D eigenvalue weighted by Crippen LogP contribution is 2.30. The number of rotatable bonds is 2. The van der Waals surface area contributed by atoms with Crippen molar-refractivity contribution in [3.8, 4) is 0 Å². The first-order valence-electron chi connectivity index (χ1n) is 6.40. The van der Waals surface area contributed by atoms with Crippen molar-refractivity contribution < 1.29 is 19.3 Å². The van der Waals surface area contributed by atoms with Gasteiger partial charge in [0.1, 0.15) is 6.04 Å². The van der Waals surface area contributed by atoms with Crippen LogP contribution in [0.2, 0.25) is 0 Å². The van der Waals surface area contributed by atoms with Crippen LogP contribution in [0, 0.1) is 10.1 Å². The topological polar surface area (TPSA) is 110 Å². The van der Waals surface area contributed by atoms with Gasteiger partial charge in [0.2, 0.25) is 5.91 Å². The van der Waals surface area contributed by atoms with E-state index >= 15 is 0 Å². The Bertz CT molecular complexity index is 760. The van der Waals surface area contributed by atoms with Gasteiger partial charge < -0.3 is 5.32 Å². The Hall–Kier alpha value is -2.68. The standard InChI is InChI=1S/C13H9N3O5S/c17-11-9(3-4-10(22)14-11)15-12(18)7-2-1-6(16(20)21)5-8(7)13(15)19/h1-2,5,9H,3-4H2,(H,14,17,22). The molecule has 1 atom stereocenters. The molecule has 9 heteroatoms. The zero-order chi connectivity index (χ0) is 16.0. The second-order valence-corrected chi connectivity index (χ2v) is 5.43. The molecule has 1 unspecified atom stereocenters. The average Bonchev–Trinajstić information content (AvgIpc) is 2.71. The van der Waals surface area contributed by atoms with Crippen LogP contribution in [0.3, 0.4) is 0 Å². The maximum Gasteiger partial charge on any atom is 0.270 e. The molecular weight excluding hydrogens is 310 g/mol. The second kappa shape index (κ2) is 4.95. The van der Waals surface area contributed by atoms with Crippen molar-refractivity contribution in [3.05, 3.63) is 39.4 Å². The molecule has 1 N–H and O–H groups in total. The van der Waals surface area contributed by atoms with Gasteiger partial charge in [0.25, 0.3) is 17.5 Å². The fraction of sp³-hybridized carbons (Fsp3) is 0.231. The van der Waals surface area contributed by atoms with Crippen molar-refractivity contribution in [3.63, 3.8) is 0 Å². The maximum absolute atomic E-state index is 12.4. The van der Waals surface area contributed by atoms with Crippen molar-refractivity contribution in [2.24, 2.45) is 0 Å². The number of hydrogen-bond acceptors (Lipinski definition) is 6. The van der Waals surface area contributed by atoms with Gasteiger partial charge in [-0.2, -0.15) is 0 Å². The molecular formula is C13H9N3O5S. The van der Waals surface area contributed by atoms with Crippen molar-refractivity contribution >= 4 is 40.6 Å². The summed E-state index contributed by atoms with van der Waals surface area (Å²) in [5, 5.41) is 13.2. The molecule has 0 bridgehead atoms. The molecule has 3 amide bonds. The number of fused-ring (bicyclic) bond motifs is 1.